The zero-order chi connectivity index (χ0) is 26.7. The smallest absolute Gasteiger partial charge is 0.410 e. The van der Waals surface area contributed by atoms with E-state index in [2.05, 4.69) is 22.5 Å². The predicted molar refractivity (Wildman–Crippen MR) is 141 cm³/mol. The SMILES string of the molecule is CCCC=C1/C(=C\NC(C)=NC2CN(C(=O)OC(C)(C)C)C2)C(=O)NC[C@]1(C)c1cccc(Cl)c1F. The van der Waals surface area contributed by atoms with Gasteiger partial charge in [-0.15, -0.1) is 0 Å². The number of allylic oxidation sites excluding steroid dienone is 1. The molecule has 1 aromatic carbocycles. The van der Waals surface area contributed by atoms with Crippen molar-refractivity contribution in [3.63, 3.8) is 0 Å². The molecule has 3 rings (SSSR count). The minimum Gasteiger partial charge on any atom is -0.444 e. The van der Waals surface area contributed by atoms with Crippen molar-refractivity contribution < 1.29 is 18.7 Å². The number of amidine groups is 1. The van der Waals surface area contributed by atoms with Gasteiger partial charge < -0.3 is 20.3 Å². The lowest BCUT2D eigenvalue weighted by atomic mass is 9.70. The van der Waals surface area contributed by atoms with Crippen LogP contribution in [-0.2, 0) is 14.9 Å². The molecule has 2 saturated heterocycles. The third-order valence-corrected chi connectivity index (χ3v) is 6.52. The van der Waals surface area contributed by atoms with Gasteiger partial charge in [-0.3, -0.25) is 9.79 Å². The highest BCUT2D eigenvalue weighted by Gasteiger charge is 2.41. The maximum atomic E-state index is 15.1. The average Bonchev–Trinajstić information content (AvgIpc) is 2.76. The maximum Gasteiger partial charge on any atom is 0.410 e. The molecule has 0 radical (unpaired) electrons. The molecule has 2 N–H and O–H groups in total. The Kier molecular flexibility index (Phi) is 8.49. The van der Waals surface area contributed by atoms with Crippen LogP contribution in [0.25, 0.3) is 0 Å². The molecule has 2 amide bonds. The fraction of sp³-hybridized carbons (Fsp3) is 0.519. The number of amides is 2. The monoisotopic (exact) mass is 518 g/mol. The largest absolute Gasteiger partial charge is 0.444 e. The first-order valence-electron chi connectivity index (χ1n) is 12.3. The maximum absolute atomic E-state index is 15.1. The van der Waals surface area contributed by atoms with Crippen LogP contribution >= 0.6 is 11.6 Å². The van der Waals surface area contributed by atoms with E-state index in [-0.39, 0.29) is 29.6 Å². The first-order chi connectivity index (χ1) is 16.9. The van der Waals surface area contributed by atoms with Crippen LogP contribution in [0.3, 0.4) is 0 Å². The summed E-state index contributed by atoms with van der Waals surface area (Å²) in [5.41, 5.74) is 0.273. The number of piperidine rings is 1. The van der Waals surface area contributed by atoms with Crippen molar-refractivity contribution in [3.8, 4) is 0 Å². The van der Waals surface area contributed by atoms with E-state index in [1.807, 2.05) is 33.8 Å². The molecule has 196 valence electrons. The Morgan fingerprint density at radius 1 is 1.39 bits per heavy atom. The van der Waals surface area contributed by atoms with Gasteiger partial charge in [-0.2, -0.15) is 0 Å². The Morgan fingerprint density at radius 3 is 2.72 bits per heavy atom. The highest BCUT2D eigenvalue weighted by atomic mass is 35.5. The van der Waals surface area contributed by atoms with Crippen LogP contribution in [-0.4, -0.2) is 54.0 Å². The van der Waals surface area contributed by atoms with Gasteiger partial charge in [-0.1, -0.05) is 43.2 Å². The second-order valence-corrected chi connectivity index (χ2v) is 10.9. The molecule has 9 heteroatoms. The van der Waals surface area contributed by atoms with E-state index in [1.54, 1.807) is 30.2 Å². The zero-order valence-corrected chi connectivity index (χ0v) is 22.6. The molecule has 2 aliphatic heterocycles. The van der Waals surface area contributed by atoms with Crippen LogP contribution in [0.1, 0.15) is 59.9 Å². The minimum absolute atomic E-state index is 0.0491. The molecule has 2 aliphatic rings. The van der Waals surface area contributed by atoms with Gasteiger partial charge in [0.2, 0.25) is 0 Å². The van der Waals surface area contributed by atoms with Gasteiger partial charge in [0.05, 0.1) is 22.5 Å². The standard InChI is InChI=1S/C27H36ClFN4O3/c1-7-8-10-20-19(24(34)31-16-27(20,6)21-11-9-12-22(28)23(21)29)13-30-17(2)32-18-14-33(15-18)25(35)36-26(3,4)5/h9-13,18H,7-8,14-16H2,1-6H3,(H,30,32)(H,31,34)/b19-13+,20-10?/t27-/m0/s1. The van der Waals surface area contributed by atoms with Crippen molar-refractivity contribution in [2.45, 2.75) is 71.4 Å². The van der Waals surface area contributed by atoms with E-state index in [0.29, 0.717) is 30.1 Å². The Bertz CT molecular complexity index is 1100. The van der Waals surface area contributed by atoms with E-state index in [9.17, 15) is 9.59 Å². The van der Waals surface area contributed by atoms with Crippen LogP contribution in [0, 0.1) is 5.82 Å². The minimum atomic E-state index is -0.793. The lowest BCUT2D eigenvalue weighted by Crippen LogP contribution is -2.54. The van der Waals surface area contributed by atoms with Gasteiger partial charge in [0, 0.05) is 36.8 Å². The zero-order valence-electron chi connectivity index (χ0n) is 21.9. The summed E-state index contributed by atoms with van der Waals surface area (Å²) in [6, 6.07) is 4.90. The van der Waals surface area contributed by atoms with Crippen molar-refractivity contribution in [1.82, 2.24) is 15.5 Å². The number of halogens is 2. The third-order valence-electron chi connectivity index (χ3n) is 6.23. The summed E-state index contributed by atoms with van der Waals surface area (Å²) in [7, 11) is 0. The Labute approximate surface area is 217 Å². The van der Waals surface area contributed by atoms with Gasteiger partial charge in [-0.25, -0.2) is 9.18 Å². The first-order valence-corrected chi connectivity index (χ1v) is 12.7. The summed E-state index contributed by atoms with van der Waals surface area (Å²) in [5, 5.41) is 6.07. The molecular weight excluding hydrogens is 483 g/mol. The highest BCUT2D eigenvalue weighted by Crippen LogP contribution is 2.41. The van der Waals surface area contributed by atoms with E-state index >= 15 is 4.39 Å². The molecule has 0 spiro atoms. The topological polar surface area (TPSA) is 83.0 Å². The molecule has 0 bridgehead atoms. The summed E-state index contributed by atoms with van der Waals surface area (Å²) < 4.78 is 20.4. The molecule has 0 aliphatic carbocycles. The Hall–Kier alpha value is -2.87. The van der Waals surface area contributed by atoms with Crippen LogP contribution in [0.2, 0.25) is 5.02 Å². The number of ether oxygens (including phenoxy) is 1. The number of unbranched alkanes of at least 4 members (excludes halogenated alkanes) is 1. The van der Waals surface area contributed by atoms with Crippen LogP contribution < -0.4 is 10.6 Å². The summed E-state index contributed by atoms with van der Waals surface area (Å²) >= 11 is 6.09. The molecule has 2 heterocycles. The molecule has 36 heavy (non-hydrogen) atoms. The normalized spacial score (nSPS) is 23.5. The highest BCUT2D eigenvalue weighted by molar-refractivity contribution is 6.30. The number of likely N-dealkylation sites (tertiary alicyclic amines) is 1. The van der Waals surface area contributed by atoms with Crippen molar-refractivity contribution in [2.24, 2.45) is 4.99 Å². The number of aliphatic imine (C=N–C) groups is 1. The molecule has 0 saturated carbocycles. The average molecular weight is 519 g/mol. The summed E-state index contributed by atoms with van der Waals surface area (Å²) in [4.78, 5) is 31.2. The molecule has 0 aromatic heterocycles. The number of rotatable bonds is 5. The first kappa shape index (κ1) is 27.7. The second-order valence-electron chi connectivity index (χ2n) is 10.5. The molecule has 1 atom stereocenters. The van der Waals surface area contributed by atoms with Crippen LogP contribution in [0.5, 0.6) is 0 Å². The lowest BCUT2D eigenvalue weighted by molar-refractivity contribution is -0.118. The van der Waals surface area contributed by atoms with Crippen molar-refractivity contribution in [3.05, 3.63) is 58.0 Å². The van der Waals surface area contributed by atoms with Gasteiger partial charge >= 0.3 is 6.09 Å². The summed E-state index contributed by atoms with van der Waals surface area (Å²) in [6.45, 7) is 12.5. The second kappa shape index (κ2) is 11.0. The van der Waals surface area contributed by atoms with Crippen LogP contribution in [0.4, 0.5) is 9.18 Å². The molecular formula is C27H36ClFN4O3. The number of hydrogen-bond acceptors (Lipinski definition) is 4. The van der Waals surface area contributed by atoms with Crippen molar-refractivity contribution in [2.75, 3.05) is 19.6 Å². The van der Waals surface area contributed by atoms with Gasteiger partial charge in [0.15, 0.2) is 0 Å². The number of nitrogens with zero attached hydrogens (tertiary/aromatic N) is 2. The van der Waals surface area contributed by atoms with E-state index in [1.165, 1.54) is 6.07 Å². The molecule has 0 unspecified atom stereocenters. The predicted octanol–water partition coefficient (Wildman–Crippen LogP) is 5.10. The lowest BCUT2D eigenvalue weighted by Gasteiger charge is -2.39. The fourth-order valence-electron chi connectivity index (χ4n) is 4.30. The molecule has 2 fully saturated rings. The van der Waals surface area contributed by atoms with Gasteiger partial charge in [0.1, 0.15) is 11.4 Å². The van der Waals surface area contributed by atoms with Crippen molar-refractivity contribution >= 4 is 29.4 Å². The van der Waals surface area contributed by atoms with Gasteiger partial charge in [-0.05, 0) is 52.7 Å². The summed E-state index contributed by atoms with van der Waals surface area (Å²) in [6.07, 6.45) is 4.91. The number of carbonyl (C=O) groups excluding carboxylic acids is 2. The Morgan fingerprint density at radius 2 is 2.08 bits per heavy atom. The Balaban J connectivity index is 1.79. The fourth-order valence-corrected chi connectivity index (χ4v) is 4.48. The van der Waals surface area contributed by atoms with Crippen molar-refractivity contribution in [1.29, 1.82) is 0 Å². The molecule has 7 nitrogen and oxygen atoms in total. The van der Waals surface area contributed by atoms with E-state index in [4.69, 9.17) is 16.3 Å². The van der Waals surface area contributed by atoms with Gasteiger partial charge in [0.25, 0.3) is 5.91 Å². The van der Waals surface area contributed by atoms with E-state index < -0.39 is 16.8 Å². The van der Waals surface area contributed by atoms with E-state index in [0.717, 1.165) is 18.4 Å². The number of benzene rings is 1. The molecule has 1 aromatic rings. The number of carbonyl (C=O) groups is 2. The number of nitrogens with one attached hydrogen (secondary N) is 2. The van der Waals surface area contributed by atoms with Crippen LogP contribution in [0.15, 0.2) is 46.6 Å². The number of hydrogen-bond donors (Lipinski definition) is 2. The quantitative estimate of drug-likeness (QED) is 0.322. The summed E-state index contributed by atoms with van der Waals surface area (Å²) in [5.74, 6) is -0.109. The third kappa shape index (κ3) is 6.27.